The molecule has 0 aliphatic rings. The highest BCUT2D eigenvalue weighted by atomic mass is 79.9. The summed E-state index contributed by atoms with van der Waals surface area (Å²) in [5, 5.41) is 3.55. The molecule has 2 aromatic carbocycles. The molecule has 2 rings (SSSR count). The van der Waals surface area contributed by atoms with Gasteiger partial charge >= 0.3 is 0 Å². The summed E-state index contributed by atoms with van der Waals surface area (Å²) < 4.78 is 6.80. The molecule has 0 saturated carbocycles. The Balaban J connectivity index is 1.92. The average Bonchev–Trinajstić information content (AvgIpc) is 2.46. The summed E-state index contributed by atoms with van der Waals surface area (Å²) in [5.41, 5.74) is 2.53. The third kappa shape index (κ3) is 4.87. The standard InChI is InChI=1S/C18H22BrNO/c1-13(2)21-16-10-8-15(9-11-16)12-20-14(3)17-6-4-5-7-18(17)19/h4-11,13-14,20H,12H2,1-3H3/t14-/m1/s1. The van der Waals surface area contributed by atoms with E-state index in [1.54, 1.807) is 0 Å². The smallest absolute Gasteiger partial charge is 0.119 e. The van der Waals surface area contributed by atoms with Gasteiger partial charge in [0, 0.05) is 17.1 Å². The van der Waals surface area contributed by atoms with E-state index in [0.29, 0.717) is 6.04 Å². The van der Waals surface area contributed by atoms with Crippen molar-refractivity contribution in [3.8, 4) is 5.75 Å². The summed E-state index contributed by atoms with van der Waals surface area (Å²) >= 11 is 3.60. The minimum absolute atomic E-state index is 0.212. The fourth-order valence-corrected chi connectivity index (χ4v) is 2.79. The van der Waals surface area contributed by atoms with Gasteiger partial charge in [-0.05, 0) is 50.1 Å². The van der Waals surface area contributed by atoms with E-state index < -0.39 is 0 Å². The highest BCUT2D eigenvalue weighted by Gasteiger charge is 2.08. The van der Waals surface area contributed by atoms with Gasteiger partial charge in [0.05, 0.1) is 6.10 Å². The highest BCUT2D eigenvalue weighted by molar-refractivity contribution is 9.10. The molecule has 0 saturated heterocycles. The van der Waals surface area contributed by atoms with Gasteiger partial charge in [-0.1, -0.05) is 46.3 Å². The van der Waals surface area contributed by atoms with Gasteiger partial charge in [0.2, 0.25) is 0 Å². The van der Waals surface area contributed by atoms with Gasteiger partial charge in [-0.2, -0.15) is 0 Å². The first-order valence-corrected chi connectivity index (χ1v) is 8.09. The molecular weight excluding hydrogens is 326 g/mol. The number of hydrogen-bond donors (Lipinski definition) is 1. The molecule has 1 N–H and O–H groups in total. The van der Waals surface area contributed by atoms with Crippen molar-refractivity contribution >= 4 is 15.9 Å². The fourth-order valence-electron chi connectivity index (χ4n) is 2.17. The van der Waals surface area contributed by atoms with Crippen LogP contribution in [0.4, 0.5) is 0 Å². The van der Waals surface area contributed by atoms with Gasteiger partial charge in [0.15, 0.2) is 0 Å². The second kappa shape index (κ2) is 7.62. The van der Waals surface area contributed by atoms with Crippen LogP contribution in [0, 0.1) is 0 Å². The van der Waals surface area contributed by atoms with Crippen molar-refractivity contribution in [1.82, 2.24) is 5.32 Å². The van der Waals surface area contributed by atoms with Crippen molar-refractivity contribution in [2.24, 2.45) is 0 Å². The average molecular weight is 348 g/mol. The van der Waals surface area contributed by atoms with Crippen LogP contribution in [-0.4, -0.2) is 6.10 Å². The fraction of sp³-hybridized carbons (Fsp3) is 0.333. The lowest BCUT2D eigenvalue weighted by molar-refractivity contribution is 0.242. The second-order valence-electron chi connectivity index (χ2n) is 5.43. The van der Waals surface area contributed by atoms with Gasteiger partial charge in [-0.3, -0.25) is 0 Å². The first kappa shape index (κ1) is 16.1. The zero-order valence-corrected chi connectivity index (χ0v) is 14.4. The van der Waals surface area contributed by atoms with Gasteiger partial charge in [-0.25, -0.2) is 0 Å². The van der Waals surface area contributed by atoms with Gasteiger partial charge in [-0.15, -0.1) is 0 Å². The molecule has 0 unspecified atom stereocenters. The maximum absolute atomic E-state index is 5.65. The van der Waals surface area contributed by atoms with Crippen molar-refractivity contribution in [1.29, 1.82) is 0 Å². The van der Waals surface area contributed by atoms with Crippen LogP contribution in [0.5, 0.6) is 5.75 Å². The van der Waals surface area contributed by atoms with Gasteiger partial charge in [0.1, 0.15) is 5.75 Å². The van der Waals surface area contributed by atoms with E-state index in [1.165, 1.54) is 11.1 Å². The SMILES string of the molecule is CC(C)Oc1ccc(CN[C@H](C)c2ccccc2Br)cc1. The Bertz CT molecular complexity index is 566. The topological polar surface area (TPSA) is 21.3 Å². The van der Waals surface area contributed by atoms with E-state index in [-0.39, 0.29) is 6.10 Å². The monoisotopic (exact) mass is 347 g/mol. The Morgan fingerprint density at radius 3 is 2.29 bits per heavy atom. The summed E-state index contributed by atoms with van der Waals surface area (Å²) in [5.74, 6) is 0.924. The molecule has 21 heavy (non-hydrogen) atoms. The van der Waals surface area contributed by atoms with Crippen molar-refractivity contribution in [3.63, 3.8) is 0 Å². The summed E-state index contributed by atoms with van der Waals surface area (Å²) in [6.45, 7) is 7.09. The quantitative estimate of drug-likeness (QED) is 0.785. The lowest BCUT2D eigenvalue weighted by Gasteiger charge is -2.16. The van der Waals surface area contributed by atoms with Gasteiger partial charge < -0.3 is 10.1 Å². The van der Waals surface area contributed by atoms with Gasteiger partial charge in [0.25, 0.3) is 0 Å². The zero-order chi connectivity index (χ0) is 15.2. The minimum atomic E-state index is 0.212. The third-order valence-corrected chi connectivity index (χ3v) is 4.00. The summed E-state index contributed by atoms with van der Waals surface area (Å²) in [6.07, 6.45) is 0.212. The zero-order valence-electron chi connectivity index (χ0n) is 12.8. The molecule has 0 spiro atoms. The predicted octanol–water partition coefficient (Wildman–Crippen LogP) is 5.09. The molecule has 0 radical (unpaired) electrons. The number of ether oxygens (including phenoxy) is 1. The van der Waals surface area contributed by atoms with Crippen LogP contribution in [0.1, 0.15) is 37.9 Å². The van der Waals surface area contributed by atoms with Crippen LogP contribution in [0.15, 0.2) is 53.0 Å². The molecule has 0 fully saturated rings. The Kier molecular flexibility index (Phi) is 5.83. The molecule has 2 aromatic rings. The van der Waals surface area contributed by atoms with E-state index in [4.69, 9.17) is 4.74 Å². The lowest BCUT2D eigenvalue weighted by Crippen LogP contribution is -2.18. The number of rotatable bonds is 6. The van der Waals surface area contributed by atoms with Crippen molar-refractivity contribution in [2.75, 3.05) is 0 Å². The molecule has 0 aliphatic carbocycles. The van der Waals surface area contributed by atoms with Crippen LogP contribution >= 0.6 is 15.9 Å². The van der Waals surface area contributed by atoms with Crippen molar-refractivity contribution in [2.45, 2.75) is 39.5 Å². The summed E-state index contributed by atoms with van der Waals surface area (Å²) in [7, 11) is 0. The van der Waals surface area contributed by atoms with Crippen LogP contribution in [0.25, 0.3) is 0 Å². The van der Waals surface area contributed by atoms with E-state index in [0.717, 1.165) is 16.8 Å². The molecule has 1 atom stereocenters. The van der Waals surface area contributed by atoms with Crippen LogP contribution in [-0.2, 0) is 6.54 Å². The normalized spacial score (nSPS) is 12.4. The molecule has 112 valence electrons. The van der Waals surface area contributed by atoms with E-state index >= 15 is 0 Å². The third-order valence-electron chi connectivity index (χ3n) is 3.28. The molecule has 2 nitrogen and oxygen atoms in total. The molecule has 0 heterocycles. The first-order chi connectivity index (χ1) is 10.1. The first-order valence-electron chi connectivity index (χ1n) is 7.29. The number of halogens is 1. The Labute approximate surface area is 135 Å². The van der Waals surface area contributed by atoms with Crippen molar-refractivity contribution < 1.29 is 4.74 Å². The molecule has 3 heteroatoms. The number of benzene rings is 2. The lowest BCUT2D eigenvalue weighted by atomic mass is 10.1. The van der Waals surface area contributed by atoms with Crippen LogP contribution in [0.3, 0.4) is 0 Å². The maximum Gasteiger partial charge on any atom is 0.119 e. The van der Waals surface area contributed by atoms with E-state index in [1.807, 2.05) is 32.0 Å². The summed E-state index contributed by atoms with van der Waals surface area (Å²) in [6, 6.07) is 16.9. The highest BCUT2D eigenvalue weighted by Crippen LogP contribution is 2.23. The van der Waals surface area contributed by atoms with E-state index in [2.05, 4.69) is 58.5 Å². The molecule has 0 amide bonds. The van der Waals surface area contributed by atoms with Crippen LogP contribution in [0.2, 0.25) is 0 Å². The van der Waals surface area contributed by atoms with E-state index in [9.17, 15) is 0 Å². The predicted molar refractivity (Wildman–Crippen MR) is 91.6 cm³/mol. The number of hydrogen-bond acceptors (Lipinski definition) is 2. The molecule has 0 bridgehead atoms. The Morgan fingerprint density at radius 2 is 1.67 bits per heavy atom. The molecule has 0 aliphatic heterocycles. The number of nitrogens with one attached hydrogen (secondary N) is 1. The Morgan fingerprint density at radius 1 is 1.00 bits per heavy atom. The Hall–Kier alpha value is -1.32. The van der Waals surface area contributed by atoms with Crippen molar-refractivity contribution in [3.05, 3.63) is 64.1 Å². The van der Waals surface area contributed by atoms with Crippen LogP contribution < -0.4 is 10.1 Å². The summed E-state index contributed by atoms with van der Waals surface area (Å²) in [4.78, 5) is 0. The molecular formula is C18H22BrNO. The molecule has 0 aromatic heterocycles. The maximum atomic E-state index is 5.65. The second-order valence-corrected chi connectivity index (χ2v) is 6.29. The largest absolute Gasteiger partial charge is 0.491 e. The minimum Gasteiger partial charge on any atom is -0.491 e.